The van der Waals surface area contributed by atoms with Gasteiger partial charge in [0.25, 0.3) is 0 Å². The van der Waals surface area contributed by atoms with E-state index in [9.17, 15) is 4.79 Å². The van der Waals surface area contributed by atoms with Gasteiger partial charge in [0.1, 0.15) is 6.04 Å². The number of aromatic nitrogens is 2. The maximum Gasteiger partial charge on any atom is 0.322 e. The number of nitrogens with zero attached hydrogens (tertiary/aromatic N) is 3. The Bertz CT molecular complexity index is 658. The van der Waals surface area contributed by atoms with E-state index in [2.05, 4.69) is 31.4 Å². The molecule has 8 heteroatoms. The fourth-order valence-corrected chi connectivity index (χ4v) is 2.50. The number of halogens is 1. The van der Waals surface area contributed by atoms with Gasteiger partial charge in [0.2, 0.25) is 5.89 Å². The molecular formula is C14H15BrN4O3. The zero-order valence-corrected chi connectivity index (χ0v) is 13.5. The molecule has 0 radical (unpaired) electrons. The van der Waals surface area contributed by atoms with Gasteiger partial charge in [-0.1, -0.05) is 21.1 Å². The number of hydrogen-bond donors (Lipinski definition) is 1. The predicted molar refractivity (Wildman–Crippen MR) is 82.5 cm³/mol. The van der Waals surface area contributed by atoms with Gasteiger partial charge in [0.05, 0.1) is 13.2 Å². The van der Waals surface area contributed by atoms with Crippen LogP contribution in [0, 0.1) is 6.92 Å². The fourth-order valence-electron chi connectivity index (χ4n) is 2.24. The summed E-state index contributed by atoms with van der Waals surface area (Å²) >= 11 is 3.36. The smallest absolute Gasteiger partial charge is 0.322 e. The van der Waals surface area contributed by atoms with Crippen molar-refractivity contribution < 1.29 is 14.1 Å². The number of nitrogens with one attached hydrogen (secondary N) is 1. The van der Waals surface area contributed by atoms with E-state index >= 15 is 0 Å². The van der Waals surface area contributed by atoms with E-state index in [1.54, 1.807) is 11.8 Å². The van der Waals surface area contributed by atoms with Crippen LogP contribution in [-0.4, -0.2) is 40.8 Å². The highest BCUT2D eigenvalue weighted by Gasteiger charge is 2.32. The van der Waals surface area contributed by atoms with Crippen molar-refractivity contribution in [1.29, 1.82) is 0 Å². The Kier molecular flexibility index (Phi) is 4.39. The van der Waals surface area contributed by atoms with E-state index in [1.165, 1.54) is 0 Å². The number of aryl methyl sites for hydroxylation is 1. The summed E-state index contributed by atoms with van der Waals surface area (Å²) in [6.07, 6.45) is 0. The van der Waals surface area contributed by atoms with Crippen molar-refractivity contribution in [2.24, 2.45) is 0 Å². The number of urea groups is 1. The van der Waals surface area contributed by atoms with Crippen molar-refractivity contribution in [3.63, 3.8) is 0 Å². The highest BCUT2D eigenvalue weighted by molar-refractivity contribution is 9.10. The molecule has 1 fully saturated rings. The zero-order chi connectivity index (χ0) is 15.5. The number of hydrogen-bond acceptors (Lipinski definition) is 5. The molecule has 2 amide bonds. The van der Waals surface area contributed by atoms with Crippen molar-refractivity contribution >= 4 is 27.6 Å². The first kappa shape index (κ1) is 15.0. The van der Waals surface area contributed by atoms with Gasteiger partial charge >= 0.3 is 6.03 Å². The molecule has 1 aromatic carbocycles. The zero-order valence-electron chi connectivity index (χ0n) is 12.0. The van der Waals surface area contributed by atoms with Crippen molar-refractivity contribution in [3.05, 3.63) is 40.5 Å². The van der Waals surface area contributed by atoms with Crippen LogP contribution in [0.15, 0.2) is 33.3 Å². The lowest BCUT2D eigenvalue weighted by atomic mass is 10.2. The van der Waals surface area contributed by atoms with Gasteiger partial charge in [-0.25, -0.2) is 4.79 Å². The van der Waals surface area contributed by atoms with Crippen LogP contribution >= 0.6 is 15.9 Å². The molecule has 1 aliphatic heterocycles. The Hall–Kier alpha value is -1.93. The summed E-state index contributed by atoms with van der Waals surface area (Å²) in [5.74, 6) is 0.928. The average Bonchev–Trinajstić information content (AvgIpc) is 2.96. The molecular weight excluding hydrogens is 352 g/mol. The van der Waals surface area contributed by atoms with E-state index in [1.807, 2.05) is 24.3 Å². The van der Waals surface area contributed by atoms with Crippen molar-refractivity contribution in [3.8, 4) is 0 Å². The molecule has 22 heavy (non-hydrogen) atoms. The van der Waals surface area contributed by atoms with Gasteiger partial charge in [0, 0.05) is 23.6 Å². The Morgan fingerprint density at radius 2 is 2.18 bits per heavy atom. The van der Waals surface area contributed by atoms with Gasteiger partial charge < -0.3 is 19.5 Å². The summed E-state index contributed by atoms with van der Waals surface area (Å²) in [6, 6.07) is 6.84. The van der Waals surface area contributed by atoms with Gasteiger partial charge in [0.15, 0.2) is 5.82 Å². The van der Waals surface area contributed by atoms with E-state index in [0.29, 0.717) is 31.5 Å². The fraction of sp³-hybridized carbons (Fsp3) is 0.357. The standard InChI is InChI=1S/C14H15BrN4O3/c1-9-16-13(18-22-9)12-8-21-7-6-19(12)14(20)17-11-4-2-10(15)3-5-11/h2-5,12H,6-8H2,1H3,(H,17,20). The summed E-state index contributed by atoms with van der Waals surface area (Å²) in [6.45, 7) is 3.03. The monoisotopic (exact) mass is 366 g/mol. The molecule has 1 N–H and O–H groups in total. The minimum Gasteiger partial charge on any atom is -0.377 e. The molecule has 0 bridgehead atoms. The molecule has 0 saturated carbocycles. The summed E-state index contributed by atoms with van der Waals surface area (Å²) in [5.41, 5.74) is 0.725. The van der Waals surface area contributed by atoms with Crippen LogP contribution in [0.3, 0.4) is 0 Å². The van der Waals surface area contributed by atoms with Crippen LogP contribution in [0.5, 0.6) is 0 Å². The van der Waals surface area contributed by atoms with E-state index in [4.69, 9.17) is 9.26 Å². The first-order chi connectivity index (χ1) is 10.6. The topological polar surface area (TPSA) is 80.5 Å². The molecule has 0 aliphatic carbocycles. The lowest BCUT2D eigenvalue weighted by Crippen LogP contribution is -2.45. The third kappa shape index (κ3) is 3.28. The third-order valence-corrected chi connectivity index (χ3v) is 3.85. The van der Waals surface area contributed by atoms with Gasteiger partial charge in [-0.15, -0.1) is 0 Å². The molecule has 1 saturated heterocycles. The van der Waals surface area contributed by atoms with Crippen LogP contribution in [0.25, 0.3) is 0 Å². The minimum absolute atomic E-state index is 0.210. The molecule has 7 nitrogen and oxygen atoms in total. The summed E-state index contributed by atoms with van der Waals surface area (Å²) in [5, 5.41) is 6.77. The molecule has 3 rings (SSSR count). The van der Waals surface area contributed by atoms with Crippen molar-refractivity contribution in [2.75, 3.05) is 25.1 Å². The highest BCUT2D eigenvalue weighted by atomic mass is 79.9. The van der Waals surface area contributed by atoms with Crippen LogP contribution in [0.2, 0.25) is 0 Å². The second-order valence-electron chi connectivity index (χ2n) is 4.89. The average molecular weight is 367 g/mol. The molecule has 1 aromatic heterocycles. The number of rotatable bonds is 2. The first-order valence-corrected chi connectivity index (χ1v) is 7.64. The van der Waals surface area contributed by atoms with Gasteiger partial charge in [-0.2, -0.15) is 4.98 Å². The second-order valence-corrected chi connectivity index (χ2v) is 5.81. The van der Waals surface area contributed by atoms with Crippen LogP contribution in [0.4, 0.5) is 10.5 Å². The van der Waals surface area contributed by atoms with Crippen molar-refractivity contribution in [2.45, 2.75) is 13.0 Å². The molecule has 2 aromatic rings. The highest BCUT2D eigenvalue weighted by Crippen LogP contribution is 2.23. The normalized spacial score (nSPS) is 18.3. The molecule has 2 heterocycles. The molecule has 1 atom stereocenters. The number of morpholine rings is 1. The number of ether oxygens (including phenoxy) is 1. The maximum atomic E-state index is 12.5. The van der Waals surface area contributed by atoms with Gasteiger partial charge in [-0.3, -0.25) is 0 Å². The van der Waals surface area contributed by atoms with Crippen LogP contribution in [0.1, 0.15) is 17.8 Å². The molecule has 116 valence electrons. The minimum atomic E-state index is -0.346. The molecule has 1 unspecified atom stereocenters. The summed E-state index contributed by atoms with van der Waals surface area (Å²) < 4.78 is 11.4. The Balaban J connectivity index is 1.75. The van der Waals surface area contributed by atoms with Crippen molar-refractivity contribution in [1.82, 2.24) is 15.0 Å². The quantitative estimate of drug-likeness (QED) is 0.883. The van der Waals surface area contributed by atoms with E-state index in [0.717, 1.165) is 10.2 Å². The number of carbonyl (C=O) groups is 1. The number of carbonyl (C=O) groups excluding carboxylic acids is 1. The Morgan fingerprint density at radius 3 is 2.86 bits per heavy atom. The van der Waals surface area contributed by atoms with Crippen LogP contribution in [-0.2, 0) is 4.74 Å². The van der Waals surface area contributed by atoms with Crippen LogP contribution < -0.4 is 5.32 Å². The number of anilines is 1. The SMILES string of the molecule is Cc1nc(C2COCCN2C(=O)Nc2ccc(Br)cc2)no1. The number of benzene rings is 1. The number of amides is 2. The lowest BCUT2D eigenvalue weighted by molar-refractivity contribution is 0.0110. The summed E-state index contributed by atoms with van der Waals surface area (Å²) in [7, 11) is 0. The largest absolute Gasteiger partial charge is 0.377 e. The summed E-state index contributed by atoms with van der Waals surface area (Å²) in [4.78, 5) is 18.4. The maximum absolute atomic E-state index is 12.5. The Labute approximate surface area is 135 Å². The molecule has 1 aliphatic rings. The Morgan fingerprint density at radius 1 is 1.41 bits per heavy atom. The molecule has 0 spiro atoms. The second kappa shape index (κ2) is 6.45. The third-order valence-electron chi connectivity index (χ3n) is 3.33. The predicted octanol–water partition coefficient (Wildman–Crippen LogP) is 2.75. The van der Waals surface area contributed by atoms with Gasteiger partial charge in [-0.05, 0) is 24.3 Å². The van der Waals surface area contributed by atoms with E-state index < -0.39 is 0 Å². The lowest BCUT2D eigenvalue weighted by Gasteiger charge is -2.33. The van der Waals surface area contributed by atoms with E-state index in [-0.39, 0.29) is 12.1 Å². The first-order valence-electron chi connectivity index (χ1n) is 6.84.